The van der Waals surface area contributed by atoms with Gasteiger partial charge >= 0.3 is 0 Å². The van der Waals surface area contributed by atoms with Crippen LogP contribution in [0.5, 0.6) is 0 Å². The van der Waals surface area contributed by atoms with Gasteiger partial charge in [-0.15, -0.1) is 0 Å². The number of para-hydroxylation sites is 1. The highest BCUT2D eigenvalue weighted by molar-refractivity contribution is 5.57. The normalized spacial score (nSPS) is 28.9. The summed E-state index contributed by atoms with van der Waals surface area (Å²) in [6, 6.07) is 6.62. The van der Waals surface area contributed by atoms with E-state index in [9.17, 15) is 0 Å². The van der Waals surface area contributed by atoms with Crippen molar-refractivity contribution in [2.24, 2.45) is 17.8 Å². The number of rotatable bonds is 4. The third-order valence-corrected chi connectivity index (χ3v) is 4.70. The van der Waals surface area contributed by atoms with Crippen LogP contribution in [0.25, 0.3) is 0 Å². The first-order valence-electron chi connectivity index (χ1n) is 7.28. The second-order valence-corrected chi connectivity index (χ2v) is 5.88. The summed E-state index contributed by atoms with van der Waals surface area (Å²) < 4.78 is 0. The molecule has 1 saturated carbocycles. The summed E-state index contributed by atoms with van der Waals surface area (Å²) in [5.74, 6) is 2.57. The van der Waals surface area contributed by atoms with Crippen LogP contribution in [-0.4, -0.2) is 6.54 Å². The minimum atomic E-state index is 0.844. The maximum atomic E-state index is 3.73. The number of nitrogens with one attached hydrogen (secondary N) is 1. The van der Waals surface area contributed by atoms with Crippen molar-refractivity contribution in [1.82, 2.24) is 0 Å². The van der Waals surface area contributed by atoms with E-state index in [1.807, 2.05) is 0 Å². The number of aryl methyl sites for hydroxylation is 2. The lowest BCUT2D eigenvalue weighted by Gasteiger charge is -2.21. The van der Waals surface area contributed by atoms with E-state index in [2.05, 4.69) is 49.5 Å². The Labute approximate surface area is 110 Å². The van der Waals surface area contributed by atoms with Crippen molar-refractivity contribution in [3.8, 4) is 0 Å². The van der Waals surface area contributed by atoms with E-state index in [1.165, 1.54) is 29.7 Å². The summed E-state index contributed by atoms with van der Waals surface area (Å²) in [5.41, 5.74) is 4.22. The second-order valence-electron chi connectivity index (χ2n) is 5.88. The van der Waals surface area contributed by atoms with E-state index >= 15 is 0 Å². The smallest absolute Gasteiger partial charge is 0.0402 e. The molecule has 96 valence electrons. The third kappa shape index (κ3) is 2.07. The molecular weight excluding hydrogens is 218 g/mol. The molecule has 0 heterocycles. The molecule has 2 bridgehead atoms. The molecule has 0 saturated heterocycles. The first kappa shape index (κ1) is 11.8. The van der Waals surface area contributed by atoms with Gasteiger partial charge in [0.25, 0.3) is 0 Å². The maximum Gasteiger partial charge on any atom is 0.0402 e. The molecule has 2 aliphatic rings. The van der Waals surface area contributed by atoms with Crippen molar-refractivity contribution in [2.45, 2.75) is 33.1 Å². The summed E-state index contributed by atoms with van der Waals surface area (Å²) in [6.07, 6.45) is 8.77. The average Bonchev–Trinajstić information content (AvgIpc) is 2.99. The molecule has 1 fully saturated rings. The zero-order valence-corrected chi connectivity index (χ0v) is 11.4. The highest BCUT2D eigenvalue weighted by Gasteiger charge is 2.35. The van der Waals surface area contributed by atoms with Crippen molar-refractivity contribution in [1.29, 1.82) is 0 Å². The van der Waals surface area contributed by atoms with Crippen LogP contribution < -0.4 is 5.32 Å². The molecule has 1 aromatic rings. The minimum Gasteiger partial charge on any atom is -0.384 e. The molecule has 18 heavy (non-hydrogen) atoms. The van der Waals surface area contributed by atoms with E-state index in [4.69, 9.17) is 0 Å². The highest BCUT2D eigenvalue weighted by atomic mass is 14.9. The molecule has 3 unspecified atom stereocenters. The SMILES string of the molecule is CCc1cccc(C)c1NCC1CC2C=CC1C2. The molecule has 3 rings (SSSR count). The van der Waals surface area contributed by atoms with E-state index in [1.54, 1.807) is 0 Å². The van der Waals surface area contributed by atoms with E-state index < -0.39 is 0 Å². The average molecular weight is 241 g/mol. The van der Waals surface area contributed by atoms with Gasteiger partial charge in [0.2, 0.25) is 0 Å². The molecule has 0 aliphatic heterocycles. The summed E-state index contributed by atoms with van der Waals surface area (Å²) in [7, 11) is 0. The predicted molar refractivity (Wildman–Crippen MR) is 77.9 cm³/mol. The highest BCUT2D eigenvalue weighted by Crippen LogP contribution is 2.43. The molecule has 0 amide bonds. The number of fused-ring (bicyclic) bond motifs is 2. The van der Waals surface area contributed by atoms with Gasteiger partial charge in [-0.2, -0.15) is 0 Å². The van der Waals surface area contributed by atoms with Crippen molar-refractivity contribution in [3.05, 3.63) is 41.5 Å². The zero-order chi connectivity index (χ0) is 12.5. The quantitative estimate of drug-likeness (QED) is 0.780. The van der Waals surface area contributed by atoms with Gasteiger partial charge in [-0.3, -0.25) is 0 Å². The van der Waals surface area contributed by atoms with Gasteiger partial charge in [0.05, 0.1) is 0 Å². The van der Waals surface area contributed by atoms with Gasteiger partial charge in [-0.1, -0.05) is 37.3 Å². The molecule has 2 aliphatic carbocycles. The van der Waals surface area contributed by atoms with Crippen LogP contribution in [0, 0.1) is 24.7 Å². The molecular formula is C17H23N. The van der Waals surface area contributed by atoms with Crippen LogP contribution in [0.4, 0.5) is 5.69 Å². The summed E-state index contributed by atoms with van der Waals surface area (Å²) >= 11 is 0. The van der Waals surface area contributed by atoms with Crippen LogP contribution >= 0.6 is 0 Å². The zero-order valence-electron chi connectivity index (χ0n) is 11.4. The fraction of sp³-hybridized carbons (Fsp3) is 0.529. The van der Waals surface area contributed by atoms with Gasteiger partial charge in [0, 0.05) is 12.2 Å². The fourth-order valence-corrected chi connectivity index (χ4v) is 3.64. The van der Waals surface area contributed by atoms with Gasteiger partial charge in [0.1, 0.15) is 0 Å². The molecule has 0 aromatic heterocycles. The maximum absolute atomic E-state index is 3.73. The Hall–Kier alpha value is -1.24. The van der Waals surface area contributed by atoms with Crippen molar-refractivity contribution >= 4 is 5.69 Å². The Kier molecular flexibility index (Phi) is 3.15. The minimum absolute atomic E-state index is 0.844. The largest absolute Gasteiger partial charge is 0.384 e. The Morgan fingerprint density at radius 2 is 2.11 bits per heavy atom. The van der Waals surface area contributed by atoms with Gasteiger partial charge in [-0.25, -0.2) is 0 Å². The molecule has 3 atom stereocenters. The Morgan fingerprint density at radius 3 is 2.78 bits per heavy atom. The van der Waals surface area contributed by atoms with Gasteiger partial charge in [-0.05, 0) is 55.1 Å². The first-order chi connectivity index (χ1) is 8.78. The van der Waals surface area contributed by atoms with E-state index in [0.717, 1.165) is 30.7 Å². The molecule has 1 heteroatoms. The Morgan fingerprint density at radius 1 is 1.22 bits per heavy atom. The lowest BCUT2D eigenvalue weighted by atomic mass is 9.93. The van der Waals surface area contributed by atoms with Crippen LogP contribution in [0.15, 0.2) is 30.4 Å². The van der Waals surface area contributed by atoms with Crippen LogP contribution in [-0.2, 0) is 6.42 Å². The summed E-state index contributed by atoms with van der Waals surface area (Å²) in [6.45, 7) is 5.59. The number of benzene rings is 1. The monoisotopic (exact) mass is 241 g/mol. The van der Waals surface area contributed by atoms with Crippen LogP contribution in [0.3, 0.4) is 0 Å². The second kappa shape index (κ2) is 4.79. The molecule has 1 aromatic carbocycles. The van der Waals surface area contributed by atoms with Crippen molar-refractivity contribution in [3.63, 3.8) is 0 Å². The lowest BCUT2D eigenvalue weighted by Crippen LogP contribution is -2.19. The molecule has 1 nitrogen and oxygen atoms in total. The number of hydrogen-bond donors (Lipinski definition) is 1. The topological polar surface area (TPSA) is 12.0 Å². The Bertz CT molecular complexity index is 461. The fourth-order valence-electron chi connectivity index (χ4n) is 3.64. The lowest BCUT2D eigenvalue weighted by molar-refractivity contribution is 0.471. The molecule has 0 radical (unpaired) electrons. The van der Waals surface area contributed by atoms with Gasteiger partial charge < -0.3 is 5.32 Å². The van der Waals surface area contributed by atoms with Crippen molar-refractivity contribution in [2.75, 3.05) is 11.9 Å². The first-order valence-corrected chi connectivity index (χ1v) is 7.28. The van der Waals surface area contributed by atoms with Crippen LogP contribution in [0.2, 0.25) is 0 Å². The van der Waals surface area contributed by atoms with E-state index in [0.29, 0.717) is 0 Å². The third-order valence-electron chi connectivity index (χ3n) is 4.70. The predicted octanol–water partition coefficient (Wildman–Crippen LogP) is 4.18. The Balaban J connectivity index is 1.68. The summed E-state index contributed by atoms with van der Waals surface area (Å²) in [4.78, 5) is 0. The number of hydrogen-bond acceptors (Lipinski definition) is 1. The summed E-state index contributed by atoms with van der Waals surface area (Å²) in [5, 5.41) is 3.73. The number of anilines is 1. The molecule has 0 spiro atoms. The van der Waals surface area contributed by atoms with Crippen molar-refractivity contribution < 1.29 is 0 Å². The van der Waals surface area contributed by atoms with E-state index in [-0.39, 0.29) is 0 Å². The standard InChI is InChI=1S/C17H23N/c1-3-14-6-4-5-12(2)17(14)18-11-16-10-13-7-8-15(16)9-13/h4-8,13,15-16,18H,3,9-11H2,1-2H3. The molecule has 1 N–H and O–H groups in total. The van der Waals surface area contributed by atoms with Gasteiger partial charge in [0.15, 0.2) is 0 Å². The number of allylic oxidation sites excluding steroid dienone is 2. The van der Waals surface area contributed by atoms with Crippen LogP contribution in [0.1, 0.15) is 30.9 Å².